The van der Waals surface area contributed by atoms with E-state index in [1.165, 1.54) is 7.11 Å². The molecule has 0 aliphatic carbocycles. The lowest BCUT2D eigenvalue weighted by Gasteiger charge is -1.93. The van der Waals surface area contributed by atoms with Gasteiger partial charge >= 0.3 is 0 Å². The van der Waals surface area contributed by atoms with Crippen LogP contribution in [0, 0.1) is 0 Å². The number of hydrogen-bond acceptors (Lipinski definition) is 3. The summed E-state index contributed by atoms with van der Waals surface area (Å²) in [6.07, 6.45) is 1.88. The standard InChI is InChI=1S/C11H11NO.C2H4O2/c1-8(13)10-7-12(2)11-6-4-3-5-9(10)11;1-4-2-3/h3-7H,1-2H3;2H,1H3. The lowest BCUT2D eigenvalue weighted by Crippen LogP contribution is -1.88. The number of nitrogens with zero attached hydrogens (tertiary/aromatic N) is 1. The number of rotatable bonds is 2. The van der Waals surface area contributed by atoms with Gasteiger partial charge < -0.3 is 9.30 Å². The van der Waals surface area contributed by atoms with Gasteiger partial charge in [-0.15, -0.1) is 0 Å². The number of methoxy groups -OCH3 is 1. The quantitative estimate of drug-likeness (QED) is 0.590. The molecule has 0 amide bonds. The summed E-state index contributed by atoms with van der Waals surface area (Å²) in [5.41, 5.74) is 1.91. The maximum atomic E-state index is 11.3. The molecule has 0 unspecified atom stereocenters. The van der Waals surface area contributed by atoms with E-state index in [9.17, 15) is 4.79 Å². The number of ether oxygens (including phenoxy) is 1. The number of aryl methyl sites for hydroxylation is 1. The third kappa shape index (κ3) is 2.93. The van der Waals surface area contributed by atoms with Gasteiger partial charge in [-0.3, -0.25) is 9.59 Å². The minimum atomic E-state index is 0.122. The number of benzene rings is 1. The summed E-state index contributed by atoms with van der Waals surface area (Å²) in [5, 5.41) is 1.04. The number of carbonyl (C=O) groups is 2. The maximum absolute atomic E-state index is 11.3. The average molecular weight is 233 g/mol. The highest BCUT2D eigenvalue weighted by Crippen LogP contribution is 2.20. The largest absolute Gasteiger partial charge is 0.471 e. The number of carbonyl (C=O) groups excluding carboxylic acids is 2. The molecule has 0 fully saturated rings. The minimum Gasteiger partial charge on any atom is -0.471 e. The smallest absolute Gasteiger partial charge is 0.292 e. The van der Waals surface area contributed by atoms with Crippen LogP contribution in [-0.2, 0) is 16.6 Å². The molecule has 0 N–H and O–H groups in total. The second-order valence-corrected chi connectivity index (χ2v) is 3.56. The fourth-order valence-corrected chi connectivity index (χ4v) is 1.62. The first-order valence-corrected chi connectivity index (χ1v) is 5.13. The fourth-order valence-electron chi connectivity index (χ4n) is 1.62. The molecule has 1 heterocycles. The zero-order valence-corrected chi connectivity index (χ0v) is 10.1. The van der Waals surface area contributed by atoms with Crippen molar-refractivity contribution in [1.82, 2.24) is 4.57 Å². The molecular weight excluding hydrogens is 218 g/mol. The Kier molecular flexibility index (Phi) is 4.46. The van der Waals surface area contributed by atoms with Gasteiger partial charge in [0.25, 0.3) is 6.47 Å². The van der Waals surface area contributed by atoms with Crippen LogP contribution in [0.4, 0.5) is 0 Å². The van der Waals surface area contributed by atoms with Crippen LogP contribution in [0.15, 0.2) is 30.5 Å². The van der Waals surface area contributed by atoms with Gasteiger partial charge in [0.2, 0.25) is 0 Å². The molecule has 0 saturated carbocycles. The monoisotopic (exact) mass is 233 g/mol. The molecule has 1 aromatic heterocycles. The highest BCUT2D eigenvalue weighted by molar-refractivity contribution is 6.06. The number of fused-ring (bicyclic) bond motifs is 1. The third-order valence-corrected chi connectivity index (χ3v) is 2.37. The highest BCUT2D eigenvalue weighted by Gasteiger charge is 2.08. The number of aromatic nitrogens is 1. The number of ketones is 1. The molecule has 2 aromatic rings. The van der Waals surface area contributed by atoms with Gasteiger partial charge in [-0.1, -0.05) is 18.2 Å². The molecule has 0 saturated heterocycles. The molecule has 17 heavy (non-hydrogen) atoms. The van der Waals surface area contributed by atoms with Gasteiger partial charge in [-0.05, 0) is 13.0 Å². The van der Waals surface area contributed by atoms with E-state index in [1.54, 1.807) is 6.92 Å². The molecule has 4 nitrogen and oxygen atoms in total. The molecule has 0 spiro atoms. The SMILES string of the molecule is CC(=O)c1cn(C)c2ccccc12.COC=O. The van der Waals surface area contributed by atoms with Crippen LogP contribution < -0.4 is 0 Å². The van der Waals surface area contributed by atoms with Crippen LogP contribution in [0.5, 0.6) is 0 Å². The van der Waals surface area contributed by atoms with Gasteiger partial charge in [-0.2, -0.15) is 0 Å². The van der Waals surface area contributed by atoms with E-state index in [-0.39, 0.29) is 5.78 Å². The molecular formula is C13H15NO3. The Morgan fingerprint density at radius 2 is 1.94 bits per heavy atom. The van der Waals surface area contributed by atoms with E-state index in [1.807, 2.05) is 42.1 Å². The fraction of sp³-hybridized carbons (Fsp3) is 0.231. The van der Waals surface area contributed by atoms with Crippen LogP contribution in [0.25, 0.3) is 10.9 Å². The van der Waals surface area contributed by atoms with Crippen molar-refractivity contribution in [3.8, 4) is 0 Å². The molecule has 0 aliphatic rings. The molecule has 90 valence electrons. The van der Waals surface area contributed by atoms with Crippen LogP contribution in [0.1, 0.15) is 17.3 Å². The summed E-state index contributed by atoms with van der Waals surface area (Å²) in [6.45, 7) is 1.97. The summed E-state index contributed by atoms with van der Waals surface area (Å²) in [6, 6.07) is 7.93. The zero-order chi connectivity index (χ0) is 12.8. The highest BCUT2D eigenvalue weighted by atomic mass is 16.5. The van der Waals surface area contributed by atoms with Crippen molar-refractivity contribution in [3.63, 3.8) is 0 Å². The Balaban J connectivity index is 0.000000317. The average Bonchev–Trinajstić information content (AvgIpc) is 2.68. The van der Waals surface area contributed by atoms with E-state index in [0.717, 1.165) is 16.5 Å². The van der Waals surface area contributed by atoms with Gasteiger partial charge in [0.05, 0.1) is 7.11 Å². The Labute approximate surface area is 99.8 Å². The Bertz CT molecular complexity index is 528. The molecule has 0 atom stereocenters. The summed E-state index contributed by atoms with van der Waals surface area (Å²) in [5.74, 6) is 0.122. The molecule has 0 bridgehead atoms. The summed E-state index contributed by atoms with van der Waals surface area (Å²) >= 11 is 0. The number of hydrogen-bond donors (Lipinski definition) is 0. The first kappa shape index (κ1) is 13.0. The van der Waals surface area contributed by atoms with E-state index in [0.29, 0.717) is 6.47 Å². The molecule has 0 radical (unpaired) electrons. The number of para-hydroxylation sites is 1. The van der Waals surface area contributed by atoms with Gasteiger partial charge in [0.15, 0.2) is 5.78 Å². The van der Waals surface area contributed by atoms with Crippen LogP contribution >= 0.6 is 0 Å². The zero-order valence-electron chi connectivity index (χ0n) is 10.1. The van der Waals surface area contributed by atoms with Crippen molar-refractivity contribution < 1.29 is 14.3 Å². The maximum Gasteiger partial charge on any atom is 0.292 e. The van der Waals surface area contributed by atoms with Crippen LogP contribution in [-0.4, -0.2) is 23.9 Å². The predicted octanol–water partition coefficient (Wildman–Crippen LogP) is 2.17. The summed E-state index contributed by atoms with van der Waals surface area (Å²) < 4.78 is 5.84. The molecule has 2 rings (SSSR count). The van der Waals surface area contributed by atoms with Gasteiger partial charge in [-0.25, -0.2) is 0 Å². The lowest BCUT2D eigenvalue weighted by atomic mass is 10.1. The third-order valence-electron chi connectivity index (χ3n) is 2.37. The lowest BCUT2D eigenvalue weighted by molar-refractivity contribution is -0.126. The Morgan fingerprint density at radius 3 is 2.47 bits per heavy atom. The second kappa shape index (κ2) is 5.84. The topological polar surface area (TPSA) is 48.3 Å². The summed E-state index contributed by atoms with van der Waals surface area (Å²) in [4.78, 5) is 20.2. The van der Waals surface area contributed by atoms with Crippen molar-refractivity contribution in [3.05, 3.63) is 36.0 Å². The number of Topliss-reactive ketones (excluding diaryl/α,β-unsaturated/α-hetero) is 1. The van der Waals surface area contributed by atoms with E-state index >= 15 is 0 Å². The second-order valence-electron chi connectivity index (χ2n) is 3.56. The van der Waals surface area contributed by atoms with Crippen LogP contribution in [0.2, 0.25) is 0 Å². The Morgan fingerprint density at radius 1 is 1.35 bits per heavy atom. The van der Waals surface area contributed by atoms with E-state index in [4.69, 9.17) is 4.79 Å². The van der Waals surface area contributed by atoms with Crippen LogP contribution in [0.3, 0.4) is 0 Å². The first-order valence-electron chi connectivity index (χ1n) is 5.13. The van der Waals surface area contributed by atoms with E-state index < -0.39 is 0 Å². The summed E-state index contributed by atoms with van der Waals surface area (Å²) in [7, 11) is 3.27. The first-order chi connectivity index (χ1) is 8.11. The normalized spacial score (nSPS) is 9.35. The van der Waals surface area contributed by atoms with Crippen molar-refractivity contribution in [2.24, 2.45) is 7.05 Å². The van der Waals surface area contributed by atoms with Crippen molar-refractivity contribution in [2.75, 3.05) is 7.11 Å². The van der Waals surface area contributed by atoms with Gasteiger partial charge in [0.1, 0.15) is 0 Å². The minimum absolute atomic E-state index is 0.122. The molecule has 0 aliphatic heterocycles. The van der Waals surface area contributed by atoms with Crippen molar-refractivity contribution in [1.29, 1.82) is 0 Å². The Hall–Kier alpha value is -2.10. The van der Waals surface area contributed by atoms with Gasteiger partial charge in [0, 0.05) is 29.7 Å². The predicted molar refractivity (Wildman–Crippen MR) is 66.0 cm³/mol. The molecule has 4 heteroatoms. The molecule has 1 aromatic carbocycles. The van der Waals surface area contributed by atoms with Crippen molar-refractivity contribution in [2.45, 2.75) is 6.92 Å². The van der Waals surface area contributed by atoms with E-state index in [2.05, 4.69) is 4.74 Å². The van der Waals surface area contributed by atoms with Crippen molar-refractivity contribution >= 4 is 23.2 Å².